The second-order valence-electron chi connectivity index (χ2n) is 4.39. The van der Waals surface area contributed by atoms with Gasteiger partial charge >= 0.3 is 5.97 Å². The van der Waals surface area contributed by atoms with Crippen molar-refractivity contribution in [2.24, 2.45) is 0 Å². The van der Waals surface area contributed by atoms with Gasteiger partial charge in [-0.05, 0) is 19.3 Å². The minimum Gasteiger partial charge on any atom is -0.476 e. The fourth-order valence-electron chi connectivity index (χ4n) is 1.94. The normalized spacial score (nSPS) is 17.7. The van der Waals surface area contributed by atoms with Crippen molar-refractivity contribution < 1.29 is 15.0 Å². The van der Waals surface area contributed by atoms with Gasteiger partial charge in [0.1, 0.15) is 0 Å². The van der Waals surface area contributed by atoms with Crippen LogP contribution in [0.4, 0.5) is 0 Å². The molecule has 1 aliphatic carbocycles. The van der Waals surface area contributed by atoms with Gasteiger partial charge in [-0.25, -0.2) is 4.79 Å². The Hall–Kier alpha value is -1.47. The van der Waals surface area contributed by atoms with Crippen molar-refractivity contribution in [2.45, 2.75) is 31.3 Å². The Bertz CT molecular complexity index is 395. The van der Waals surface area contributed by atoms with Gasteiger partial charge in [-0.15, -0.1) is 5.10 Å². The van der Waals surface area contributed by atoms with E-state index in [0.29, 0.717) is 13.1 Å². The first-order valence-electron chi connectivity index (χ1n) is 5.64. The van der Waals surface area contributed by atoms with E-state index < -0.39 is 5.97 Å². The van der Waals surface area contributed by atoms with Crippen LogP contribution in [0.2, 0.25) is 0 Å². The average molecular weight is 240 g/mol. The van der Waals surface area contributed by atoms with E-state index >= 15 is 0 Å². The lowest BCUT2D eigenvalue weighted by molar-refractivity contribution is 0.0690. The third-order valence-electron chi connectivity index (χ3n) is 3.21. The molecule has 0 aliphatic heterocycles. The monoisotopic (exact) mass is 240 g/mol. The van der Waals surface area contributed by atoms with Crippen LogP contribution in [0.5, 0.6) is 0 Å². The smallest absolute Gasteiger partial charge is 0.358 e. The summed E-state index contributed by atoms with van der Waals surface area (Å²) in [5.74, 6) is -1.07. The SMILES string of the molecule is O=C(O)c1cn(CCNC2(CO)CCC2)nn1. The van der Waals surface area contributed by atoms with Gasteiger partial charge in [0.15, 0.2) is 5.69 Å². The molecule has 7 heteroatoms. The van der Waals surface area contributed by atoms with E-state index in [4.69, 9.17) is 5.11 Å². The zero-order chi connectivity index (χ0) is 12.3. The predicted molar refractivity (Wildman–Crippen MR) is 58.7 cm³/mol. The highest BCUT2D eigenvalue weighted by molar-refractivity contribution is 5.84. The first kappa shape index (κ1) is 12.0. The van der Waals surface area contributed by atoms with Crippen LogP contribution in [0.25, 0.3) is 0 Å². The van der Waals surface area contributed by atoms with Crippen LogP contribution in [0, 0.1) is 0 Å². The molecule has 0 atom stereocenters. The fraction of sp³-hybridized carbons (Fsp3) is 0.700. The number of aliphatic hydroxyl groups is 1. The van der Waals surface area contributed by atoms with Crippen LogP contribution in [0.3, 0.4) is 0 Å². The summed E-state index contributed by atoms with van der Waals surface area (Å²) in [7, 11) is 0. The highest BCUT2D eigenvalue weighted by Crippen LogP contribution is 2.30. The number of hydrogen-bond donors (Lipinski definition) is 3. The average Bonchev–Trinajstić information content (AvgIpc) is 2.71. The van der Waals surface area contributed by atoms with E-state index in [9.17, 15) is 9.90 Å². The summed E-state index contributed by atoms with van der Waals surface area (Å²) in [6.45, 7) is 1.33. The second-order valence-corrected chi connectivity index (χ2v) is 4.39. The summed E-state index contributed by atoms with van der Waals surface area (Å²) in [6.07, 6.45) is 4.51. The molecule has 0 aromatic carbocycles. The van der Waals surface area contributed by atoms with Gasteiger partial charge in [-0.1, -0.05) is 5.21 Å². The molecule has 0 radical (unpaired) electrons. The first-order chi connectivity index (χ1) is 8.15. The molecular weight excluding hydrogens is 224 g/mol. The van der Waals surface area contributed by atoms with Crippen LogP contribution >= 0.6 is 0 Å². The Morgan fingerprint density at radius 2 is 2.35 bits per heavy atom. The Balaban J connectivity index is 1.79. The number of carboxylic acids is 1. The molecule has 2 rings (SSSR count). The number of rotatable bonds is 6. The summed E-state index contributed by atoms with van der Waals surface area (Å²) >= 11 is 0. The van der Waals surface area contributed by atoms with Gasteiger partial charge in [0.05, 0.1) is 19.3 Å². The summed E-state index contributed by atoms with van der Waals surface area (Å²) in [4.78, 5) is 10.6. The molecule has 7 nitrogen and oxygen atoms in total. The number of aromatic carboxylic acids is 1. The molecule has 0 spiro atoms. The number of carboxylic acid groups (broad SMARTS) is 1. The van der Waals surface area contributed by atoms with Gasteiger partial charge in [0, 0.05) is 12.1 Å². The minimum absolute atomic E-state index is 0.0504. The van der Waals surface area contributed by atoms with Gasteiger partial charge in [-0.2, -0.15) is 0 Å². The maximum Gasteiger partial charge on any atom is 0.358 e. The lowest BCUT2D eigenvalue weighted by atomic mass is 9.77. The lowest BCUT2D eigenvalue weighted by Gasteiger charge is -2.41. The molecule has 0 amide bonds. The third kappa shape index (κ3) is 2.62. The van der Waals surface area contributed by atoms with Gasteiger partial charge in [-0.3, -0.25) is 4.68 Å². The lowest BCUT2D eigenvalue weighted by Crippen LogP contribution is -2.54. The maximum absolute atomic E-state index is 10.6. The van der Waals surface area contributed by atoms with Crippen molar-refractivity contribution >= 4 is 5.97 Å². The Labute approximate surface area is 98.4 Å². The third-order valence-corrected chi connectivity index (χ3v) is 3.21. The second kappa shape index (κ2) is 4.80. The van der Waals surface area contributed by atoms with Gasteiger partial charge in [0.2, 0.25) is 0 Å². The number of carbonyl (C=O) groups is 1. The molecule has 17 heavy (non-hydrogen) atoms. The van der Waals surface area contributed by atoms with Crippen molar-refractivity contribution in [3.8, 4) is 0 Å². The highest BCUT2D eigenvalue weighted by Gasteiger charge is 2.35. The Morgan fingerprint density at radius 3 is 2.82 bits per heavy atom. The number of nitrogens with zero attached hydrogens (tertiary/aromatic N) is 3. The zero-order valence-electron chi connectivity index (χ0n) is 9.46. The number of hydrogen-bond acceptors (Lipinski definition) is 5. The van der Waals surface area contributed by atoms with Crippen molar-refractivity contribution in [2.75, 3.05) is 13.2 Å². The molecule has 1 aromatic rings. The minimum atomic E-state index is -1.07. The van der Waals surface area contributed by atoms with Crippen LogP contribution < -0.4 is 5.32 Å². The van der Waals surface area contributed by atoms with Crippen LogP contribution in [0.1, 0.15) is 29.8 Å². The van der Waals surface area contributed by atoms with Gasteiger partial charge < -0.3 is 15.5 Å². The Morgan fingerprint density at radius 1 is 1.59 bits per heavy atom. The zero-order valence-corrected chi connectivity index (χ0v) is 9.46. The summed E-state index contributed by atoms with van der Waals surface area (Å²) in [6, 6.07) is 0. The molecule has 0 unspecified atom stereocenters. The van der Waals surface area contributed by atoms with E-state index in [2.05, 4.69) is 15.6 Å². The number of aliphatic hydroxyl groups excluding tert-OH is 1. The van der Waals surface area contributed by atoms with Crippen molar-refractivity contribution in [3.05, 3.63) is 11.9 Å². The molecule has 1 saturated carbocycles. The highest BCUT2D eigenvalue weighted by atomic mass is 16.4. The molecule has 0 bridgehead atoms. The maximum atomic E-state index is 10.6. The summed E-state index contributed by atoms with van der Waals surface area (Å²) < 4.78 is 1.49. The molecule has 1 aromatic heterocycles. The molecular formula is C10H16N4O3. The molecule has 1 heterocycles. The summed E-state index contributed by atoms with van der Waals surface area (Å²) in [5, 5.41) is 28.4. The predicted octanol–water partition coefficient (Wildman–Crippen LogP) is -0.519. The first-order valence-corrected chi connectivity index (χ1v) is 5.64. The van der Waals surface area contributed by atoms with Crippen LogP contribution in [-0.2, 0) is 6.54 Å². The largest absolute Gasteiger partial charge is 0.476 e. The van der Waals surface area contributed by atoms with E-state index in [-0.39, 0.29) is 17.8 Å². The number of nitrogens with one attached hydrogen (secondary N) is 1. The summed E-state index contributed by atoms with van der Waals surface area (Å²) in [5.41, 5.74) is -0.179. The molecule has 3 N–H and O–H groups in total. The van der Waals surface area contributed by atoms with E-state index in [1.807, 2.05) is 0 Å². The van der Waals surface area contributed by atoms with Crippen LogP contribution in [-0.4, -0.2) is 49.9 Å². The topological polar surface area (TPSA) is 100 Å². The van der Waals surface area contributed by atoms with Crippen molar-refractivity contribution in [1.29, 1.82) is 0 Å². The molecule has 0 saturated heterocycles. The quantitative estimate of drug-likeness (QED) is 0.618. The van der Waals surface area contributed by atoms with E-state index in [0.717, 1.165) is 19.3 Å². The van der Waals surface area contributed by atoms with Crippen LogP contribution in [0.15, 0.2) is 6.20 Å². The molecule has 94 valence electrons. The Kier molecular flexibility index (Phi) is 3.39. The molecule has 1 fully saturated rings. The van der Waals surface area contributed by atoms with Gasteiger partial charge in [0.25, 0.3) is 0 Å². The number of aromatic nitrogens is 3. The standard InChI is InChI=1S/C10H16N4O3/c15-7-10(2-1-3-10)11-4-5-14-6-8(9(16)17)12-13-14/h6,11,15H,1-5,7H2,(H,16,17). The van der Waals surface area contributed by atoms with Crippen molar-refractivity contribution in [3.63, 3.8) is 0 Å². The van der Waals surface area contributed by atoms with E-state index in [1.54, 1.807) is 0 Å². The van der Waals surface area contributed by atoms with E-state index in [1.165, 1.54) is 10.9 Å². The fourth-order valence-corrected chi connectivity index (χ4v) is 1.94. The van der Waals surface area contributed by atoms with Crippen molar-refractivity contribution in [1.82, 2.24) is 20.3 Å². The molecule has 1 aliphatic rings.